The highest BCUT2D eigenvalue weighted by molar-refractivity contribution is 6.62. The fraction of sp³-hybridized carbons (Fsp3) is 0.615. The van der Waals surface area contributed by atoms with Crippen LogP contribution in [-0.4, -0.2) is 34.8 Å². The zero-order valence-corrected chi connectivity index (χ0v) is 11.9. The first-order valence-electron chi connectivity index (χ1n) is 6.41. The molecule has 0 spiro atoms. The normalized spacial score (nSPS) is 22.3. The fourth-order valence-electron chi connectivity index (χ4n) is 1.99. The minimum absolute atomic E-state index is 0.0773. The molecule has 1 atom stereocenters. The van der Waals surface area contributed by atoms with Crippen molar-refractivity contribution in [2.24, 2.45) is 0 Å². The van der Waals surface area contributed by atoms with Crippen LogP contribution in [-0.2, 0) is 9.31 Å². The van der Waals surface area contributed by atoms with Gasteiger partial charge >= 0.3 is 7.12 Å². The highest BCUT2D eigenvalue weighted by atomic mass is 19.3. The molecule has 20 heavy (non-hydrogen) atoms. The fourth-order valence-corrected chi connectivity index (χ4v) is 1.99. The minimum atomic E-state index is -2.88. The Labute approximate surface area is 117 Å². The molecule has 0 bridgehead atoms. The Morgan fingerprint density at radius 1 is 1.20 bits per heavy atom. The molecular weight excluding hydrogens is 267 g/mol. The van der Waals surface area contributed by atoms with Crippen LogP contribution in [0.4, 0.5) is 8.78 Å². The van der Waals surface area contributed by atoms with Gasteiger partial charge in [-0.25, -0.2) is 8.78 Å². The van der Waals surface area contributed by atoms with Crippen molar-refractivity contribution in [1.82, 2.24) is 4.98 Å². The smallest absolute Gasteiger partial charge is 0.399 e. The van der Waals surface area contributed by atoms with Gasteiger partial charge in [0, 0.05) is 17.9 Å². The lowest BCUT2D eigenvalue weighted by molar-refractivity contribution is -0.00538. The van der Waals surface area contributed by atoms with Gasteiger partial charge in [0.05, 0.1) is 11.2 Å². The van der Waals surface area contributed by atoms with Gasteiger partial charge in [-0.15, -0.1) is 0 Å². The molecule has 2 rings (SSSR count). The summed E-state index contributed by atoms with van der Waals surface area (Å²) < 4.78 is 37.1. The Kier molecular flexibility index (Phi) is 3.88. The van der Waals surface area contributed by atoms with Crippen LogP contribution in [0.1, 0.15) is 39.4 Å². The number of hydrogen-bond donors (Lipinski definition) is 1. The van der Waals surface area contributed by atoms with Gasteiger partial charge in [0.1, 0.15) is 6.10 Å². The Bertz CT molecular complexity index is 480. The van der Waals surface area contributed by atoms with E-state index in [-0.39, 0.29) is 5.56 Å². The van der Waals surface area contributed by atoms with Crippen LogP contribution in [0.25, 0.3) is 0 Å². The summed E-state index contributed by atoms with van der Waals surface area (Å²) in [6.45, 7) is 7.47. The maximum atomic E-state index is 12.7. The summed E-state index contributed by atoms with van der Waals surface area (Å²) in [5.41, 5.74) is -0.756. The summed E-state index contributed by atoms with van der Waals surface area (Å²) in [6, 6.07) is 1.36. The zero-order valence-electron chi connectivity index (χ0n) is 11.9. The monoisotopic (exact) mass is 285 g/mol. The van der Waals surface area contributed by atoms with Crippen LogP contribution in [0.2, 0.25) is 0 Å². The van der Waals surface area contributed by atoms with E-state index >= 15 is 0 Å². The molecular formula is C13H18BF2NO3. The summed E-state index contributed by atoms with van der Waals surface area (Å²) in [5, 5.41) is 9.61. The number of aliphatic hydroxyl groups excluding tert-OH is 1. The number of aliphatic hydroxyl groups is 1. The van der Waals surface area contributed by atoms with Crippen molar-refractivity contribution in [2.45, 2.75) is 51.4 Å². The number of alkyl halides is 2. The first-order chi connectivity index (χ1) is 9.16. The third-order valence-electron chi connectivity index (χ3n) is 3.95. The second-order valence-electron chi connectivity index (χ2n) is 5.87. The van der Waals surface area contributed by atoms with E-state index in [4.69, 9.17) is 9.31 Å². The molecule has 0 amide bonds. The average Bonchev–Trinajstić information content (AvgIpc) is 2.57. The summed E-state index contributed by atoms with van der Waals surface area (Å²) >= 11 is 0. The molecule has 110 valence electrons. The summed E-state index contributed by atoms with van der Waals surface area (Å²) in [6.07, 6.45) is -2.01. The third kappa shape index (κ3) is 2.57. The molecule has 4 nitrogen and oxygen atoms in total. The van der Waals surface area contributed by atoms with Crippen molar-refractivity contribution in [1.29, 1.82) is 0 Å². The van der Waals surface area contributed by atoms with Gasteiger partial charge in [0.15, 0.2) is 0 Å². The first-order valence-corrected chi connectivity index (χ1v) is 6.41. The van der Waals surface area contributed by atoms with Crippen LogP contribution >= 0.6 is 0 Å². The number of pyridine rings is 1. The van der Waals surface area contributed by atoms with Gasteiger partial charge in [-0.05, 0) is 39.3 Å². The highest BCUT2D eigenvalue weighted by Crippen LogP contribution is 2.37. The van der Waals surface area contributed by atoms with E-state index in [1.165, 1.54) is 18.5 Å². The number of halogens is 2. The van der Waals surface area contributed by atoms with Gasteiger partial charge < -0.3 is 14.4 Å². The molecule has 0 saturated carbocycles. The molecule has 1 aliphatic rings. The van der Waals surface area contributed by atoms with E-state index in [1.807, 2.05) is 27.7 Å². The maximum absolute atomic E-state index is 12.7. The van der Waals surface area contributed by atoms with Crippen LogP contribution in [0.5, 0.6) is 0 Å². The van der Waals surface area contributed by atoms with E-state index in [9.17, 15) is 13.9 Å². The van der Waals surface area contributed by atoms with Gasteiger partial charge in [0.25, 0.3) is 6.43 Å². The average molecular weight is 285 g/mol. The molecule has 1 fully saturated rings. The Hall–Kier alpha value is -1.05. The molecule has 2 heterocycles. The van der Waals surface area contributed by atoms with E-state index < -0.39 is 30.8 Å². The molecule has 7 heteroatoms. The number of rotatable bonds is 3. The Morgan fingerprint density at radius 3 is 2.25 bits per heavy atom. The van der Waals surface area contributed by atoms with Crippen molar-refractivity contribution >= 4 is 12.6 Å². The molecule has 1 aliphatic heterocycles. The molecule has 0 aromatic carbocycles. The second kappa shape index (κ2) is 5.05. The molecule has 0 radical (unpaired) electrons. The molecule has 1 N–H and O–H groups in total. The van der Waals surface area contributed by atoms with Crippen molar-refractivity contribution in [3.63, 3.8) is 0 Å². The summed E-state index contributed by atoms with van der Waals surface area (Å²) in [5.74, 6) is 0. The molecule has 1 saturated heterocycles. The van der Waals surface area contributed by atoms with Crippen molar-refractivity contribution in [3.05, 3.63) is 24.0 Å². The van der Waals surface area contributed by atoms with Crippen molar-refractivity contribution < 1.29 is 23.2 Å². The largest absolute Gasteiger partial charge is 0.496 e. The molecule has 1 aromatic rings. The Balaban J connectivity index is 2.36. The molecule has 1 aromatic heterocycles. The zero-order chi connectivity index (χ0) is 15.1. The standard InChI is InChI=1S/C13H18BF2NO3/c1-12(2)13(3,4)20-14(19-12)9-7-17-6-5-8(9)10(18)11(15)16/h5-7,10-11,18H,1-4H3. The summed E-state index contributed by atoms with van der Waals surface area (Å²) in [7, 11) is -0.822. The lowest BCUT2D eigenvalue weighted by Gasteiger charge is -2.32. The first kappa shape index (κ1) is 15.3. The van der Waals surface area contributed by atoms with E-state index in [0.29, 0.717) is 5.46 Å². The van der Waals surface area contributed by atoms with Crippen molar-refractivity contribution in [3.8, 4) is 0 Å². The Morgan fingerprint density at radius 2 is 1.75 bits per heavy atom. The van der Waals surface area contributed by atoms with Gasteiger partial charge in [-0.2, -0.15) is 0 Å². The predicted octanol–water partition coefficient (Wildman–Crippen LogP) is 1.68. The topological polar surface area (TPSA) is 51.6 Å². The van der Waals surface area contributed by atoms with Crippen LogP contribution in [0.15, 0.2) is 18.5 Å². The lowest BCUT2D eigenvalue weighted by Crippen LogP contribution is -2.41. The van der Waals surface area contributed by atoms with Gasteiger partial charge in [-0.3, -0.25) is 4.98 Å². The van der Waals surface area contributed by atoms with Crippen LogP contribution in [0.3, 0.4) is 0 Å². The number of aromatic nitrogens is 1. The van der Waals surface area contributed by atoms with E-state index in [2.05, 4.69) is 4.98 Å². The lowest BCUT2D eigenvalue weighted by atomic mass is 9.76. The molecule has 1 unspecified atom stereocenters. The van der Waals surface area contributed by atoms with Crippen LogP contribution < -0.4 is 5.46 Å². The number of nitrogens with zero attached hydrogens (tertiary/aromatic N) is 1. The van der Waals surface area contributed by atoms with Crippen molar-refractivity contribution in [2.75, 3.05) is 0 Å². The minimum Gasteiger partial charge on any atom is -0.399 e. The maximum Gasteiger partial charge on any atom is 0.496 e. The third-order valence-corrected chi connectivity index (χ3v) is 3.95. The predicted molar refractivity (Wildman–Crippen MR) is 70.9 cm³/mol. The summed E-state index contributed by atoms with van der Waals surface area (Å²) in [4.78, 5) is 3.91. The quantitative estimate of drug-likeness (QED) is 0.858. The van der Waals surface area contributed by atoms with E-state index in [1.54, 1.807) is 0 Å². The second-order valence-corrected chi connectivity index (χ2v) is 5.87. The van der Waals surface area contributed by atoms with Gasteiger partial charge in [-0.1, -0.05) is 0 Å². The highest BCUT2D eigenvalue weighted by Gasteiger charge is 2.52. The van der Waals surface area contributed by atoms with Gasteiger partial charge in [0.2, 0.25) is 0 Å². The van der Waals surface area contributed by atoms with Crippen LogP contribution in [0, 0.1) is 0 Å². The number of hydrogen-bond acceptors (Lipinski definition) is 4. The van der Waals surface area contributed by atoms with E-state index in [0.717, 1.165) is 0 Å². The SMILES string of the molecule is CC1(C)OB(c2cnccc2C(O)C(F)F)OC1(C)C. The molecule has 0 aliphatic carbocycles.